The Morgan fingerprint density at radius 1 is 1.24 bits per heavy atom. The van der Waals surface area contributed by atoms with Crippen LogP contribution in [-0.2, 0) is 19.4 Å². The average molecular weight is 574 g/mol. The molecule has 1 aliphatic heterocycles. The number of aromatic nitrogens is 3. The Morgan fingerprint density at radius 3 is 2.45 bits per heavy atom. The number of sulfone groups is 1. The SMILES string of the molecule is CO[C@@H](C)c1c(Nc2ccc([C@H](N(C)C(=O)C3CCS(=O)(=O)CC3)C(F)(F)F)cc2)cnc2cc(Cl)nn12. The van der Waals surface area contributed by atoms with Crippen molar-refractivity contribution < 1.29 is 31.1 Å². The summed E-state index contributed by atoms with van der Waals surface area (Å²) < 4.78 is 72.8. The van der Waals surface area contributed by atoms with E-state index < -0.39 is 40.0 Å². The molecule has 0 radical (unpaired) electrons. The van der Waals surface area contributed by atoms with Gasteiger partial charge in [-0.05, 0) is 37.5 Å². The van der Waals surface area contributed by atoms with E-state index in [0.717, 1.165) is 7.05 Å². The zero-order valence-corrected chi connectivity index (χ0v) is 22.4. The highest BCUT2D eigenvalue weighted by atomic mass is 35.5. The van der Waals surface area contributed by atoms with E-state index >= 15 is 0 Å². The summed E-state index contributed by atoms with van der Waals surface area (Å²) in [5.74, 6) is -1.90. The van der Waals surface area contributed by atoms with E-state index in [0.29, 0.717) is 27.6 Å². The summed E-state index contributed by atoms with van der Waals surface area (Å²) >= 11 is 6.03. The minimum Gasteiger partial charge on any atom is -0.375 e. The molecule has 1 aromatic carbocycles. The third kappa shape index (κ3) is 5.89. The van der Waals surface area contributed by atoms with Crippen molar-refractivity contribution in [1.29, 1.82) is 0 Å². The van der Waals surface area contributed by atoms with Crippen LogP contribution in [-0.4, -0.2) is 65.7 Å². The molecule has 3 heterocycles. The summed E-state index contributed by atoms with van der Waals surface area (Å²) in [5.41, 5.74) is 1.99. The van der Waals surface area contributed by atoms with Crippen molar-refractivity contribution in [2.75, 3.05) is 31.0 Å². The largest absolute Gasteiger partial charge is 0.413 e. The molecule has 2 atom stereocenters. The van der Waals surface area contributed by atoms with Gasteiger partial charge in [0.2, 0.25) is 5.91 Å². The van der Waals surface area contributed by atoms with E-state index in [1.807, 2.05) is 0 Å². The Labute approximate surface area is 222 Å². The van der Waals surface area contributed by atoms with Gasteiger partial charge in [0.1, 0.15) is 9.84 Å². The van der Waals surface area contributed by atoms with Gasteiger partial charge in [0.15, 0.2) is 16.8 Å². The maximum absolute atomic E-state index is 14.1. The summed E-state index contributed by atoms with van der Waals surface area (Å²) in [5, 5.41) is 7.62. The Morgan fingerprint density at radius 2 is 1.87 bits per heavy atom. The molecule has 1 N–H and O–H groups in total. The zero-order chi connectivity index (χ0) is 27.8. The summed E-state index contributed by atoms with van der Waals surface area (Å²) in [6.45, 7) is 1.81. The number of carbonyl (C=O) groups excluding carboxylic acids is 1. The van der Waals surface area contributed by atoms with E-state index in [2.05, 4.69) is 15.4 Å². The molecule has 206 valence electrons. The Hall–Kier alpha value is -2.90. The van der Waals surface area contributed by atoms with Crippen molar-refractivity contribution in [2.24, 2.45) is 5.92 Å². The van der Waals surface area contributed by atoms with Gasteiger partial charge in [-0.25, -0.2) is 17.9 Å². The van der Waals surface area contributed by atoms with Crippen LogP contribution >= 0.6 is 11.6 Å². The number of ether oxygens (including phenoxy) is 1. The molecular weight excluding hydrogens is 547 g/mol. The molecule has 2 aromatic heterocycles. The number of anilines is 2. The lowest BCUT2D eigenvalue weighted by atomic mass is 9.98. The maximum Gasteiger partial charge on any atom is 0.413 e. The highest BCUT2D eigenvalue weighted by Crippen LogP contribution is 2.39. The van der Waals surface area contributed by atoms with E-state index in [9.17, 15) is 26.4 Å². The highest BCUT2D eigenvalue weighted by molar-refractivity contribution is 7.91. The molecule has 0 spiro atoms. The van der Waals surface area contributed by atoms with Crippen molar-refractivity contribution in [3.63, 3.8) is 0 Å². The van der Waals surface area contributed by atoms with Gasteiger partial charge >= 0.3 is 6.18 Å². The standard InChI is InChI=1S/C24H27ClF3N5O4S/c1-14(37-3)21-18(13-29-20-12-19(25)31-33(20)21)30-17-6-4-15(5-7-17)22(24(26,27)28)32(2)23(34)16-8-10-38(35,36)11-9-16/h4-7,12-14,16,22,30H,8-11H2,1-3H3/t14-,22-/m0/s1. The third-order valence-corrected chi connectivity index (χ3v) is 8.58. The molecule has 1 fully saturated rings. The molecule has 0 unspecified atom stereocenters. The first kappa shape index (κ1) is 28.1. The number of benzene rings is 1. The lowest BCUT2D eigenvalue weighted by Crippen LogP contribution is -2.44. The predicted octanol–water partition coefficient (Wildman–Crippen LogP) is 4.72. The van der Waals surface area contributed by atoms with Crippen molar-refractivity contribution in [3.05, 3.63) is 52.9 Å². The first-order valence-electron chi connectivity index (χ1n) is 11.8. The lowest BCUT2D eigenvalue weighted by molar-refractivity contribution is -0.190. The molecule has 1 saturated heterocycles. The molecule has 4 rings (SSSR count). The number of amides is 1. The second kappa shape index (κ2) is 10.7. The minimum atomic E-state index is -4.74. The van der Waals surface area contributed by atoms with Crippen LogP contribution in [0.1, 0.15) is 43.2 Å². The molecule has 0 bridgehead atoms. The smallest absolute Gasteiger partial charge is 0.375 e. The van der Waals surface area contributed by atoms with Crippen LogP contribution in [0.25, 0.3) is 5.65 Å². The van der Waals surface area contributed by atoms with Crippen LogP contribution in [0.2, 0.25) is 5.15 Å². The second-order valence-electron chi connectivity index (χ2n) is 9.24. The molecule has 14 heteroatoms. The predicted molar refractivity (Wildman–Crippen MR) is 136 cm³/mol. The molecule has 0 saturated carbocycles. The van der Waals surface area contributed by atoms with E-state index in [-0.39, 0.29) is 35.1 Å². The van der Waals surface area contributed by atoms with Gasteiger partial charge in [0, 0.05) is 31.8 Å². The van der Waals surface area contributed by atoms with Crippen LogP contribution in [0.5, 0.6) is 0 Å². The summed E-state index contributed by atoms with van der Waals surface area (Å²) in [7, 11) is -0.621. The molecule has 1 aliphatic rings. The number of nitrogens with one attached hydrogen (secondary N) is 1. The fraction of sp³-hybridized carbons (Fsp3) is 0.458. The van der Waals surface area contributed by atoms with Crippen molar-refractivity contribution in [1.82, 2.24) is 19.5 Å². The number of fused-ring (bicyclic) bond motifs is 1. The monoisotopic (exact) mass is 573 g/mol. The van der Waals surface area contributed by atoms with Gasteiger partial charge in [-0.15, -0.1) is 0 Å². The number of hydrogen-bond acceptors (Lipinski definition) is 7. The van der Waals surface area contributed by atoms with Crippen LogP contribution in [0.4, 0.5) is 24.5 Å². The van der Waals surface area contributed by atoms with Gasteiger partial charge in [-0.2, -0.15) is 18.3 Å². The summed E-state index contributed by atoms with van der Waals surface area (Å²) in [4.78, 5) is 17.9. The normalized spacial score (nSPS) is 17.8. The van der Waals surface area contributed by atoms with E-state index in [4.69, 9.17) is 16.3 Å². The second-order valence-corrected chi connectivity index (χ2v) is 11.9. The van der Waals surface area contributed by atoms with Crippen LogP contribution < -0.4 is 5.32 Å². The first-order valence-corrected chi connectivity index (χ1v) is 14.0. The number of alkyl halides is 3. The highest BCUT2D eigenvalue weighted by Gasteiger charge is 2.46. The Kier molecular flexibility index (Phi) is 7.91. The van der Waals surface area contributed by atoms with Crippen molar-refractivity contribution in [3.8, 4) is 0 Å². The van der Waals surface area contributed by atoms with Gasteiger partial charge in [0.05, 0.1) is 35.2 Å². The number of nitrogens with zero attached hydrogens (tertiary/aromatic N) is 4. The lowest BCUT2D eigenvalue weighted by Gasteiger charge is -2.34. The number of methoxy groups -OCH3 is 1. The third-order valence-electron chi connectivity index (χ3n) is 6.68. The fourth-order valence-electron chi connectivity index (χ4n) is 4.61. The fourth-order valence-corrected chi connectivity index (χ4v) is 6.28. The van der Waals surface area contributed by atoms with E-state index in [1.54, 1.807) is 19.2 Å². The first-order chi connectivity index (χ1) is 17.8. The summed E-state index contributed by atoms with van der Waals surface area (Å²) in [6, 6.07) is 4.95. The van der Waals surface area contributed by atoms with Gasteiger partial charge in [-0.3, -0.25) is 4.79 Å². The molecule has 9 nitrogen and oxygen atoms in total. The Bertz CT molecular complexity index is 1420. The molecular formula is C24H27ClF3N5O4S. The van der Waals surface area contributed by atoms with Crippen molar-refractivity contribution >= 4 is 44.4 Å². The number of hydrogen-bond donors (Lipinski definition) is 1. The summed E-state index contributed by atoms with van der Waals surface area (Å²) in [6.07, 6.45) is -3.57. The quantitative estimate of drug-likeness (QED) is 0.436. The minimum absolute atomic E-state index is 0.0149. The van der Waals surface area contributed by atoms with Crippen molar-refractivity contribution in [2.45, 2.75) is 38.1 Å². The zero-order valence-electron chi connectivity index (χ0n) is 20.9. The van der Waals surface area contributed by atoms with Crippen LogP contribution in [0.15, 0.2) is 36.5 Å². The topological polar surface area (TPSA) is 106 Å². The van der Waals surface area contributed by atoms with Gasteiger partial charge < -0.3 is 15.0 Å². The van der Waals surface area contributed by atoms with E-state index in [1.165, 1.54) is 35.9 Å². The van der Waals surface area contributed by atoms with Crippen LogP contribution in [0.3, 0.4) is 0 Å². The average Bonchev–Trinajstić information content (AvgIpc) is 3.23. The van der Waals surface area contributed by atoms with Gasteiger partial charge in [-0.1, -0.05) is 23.7 Å². The number of halogens is 4. The molecule has 38 heavy (non-hydrogen) atoms. The van der Waals surface area contributed by atoms with Gasteiger partial charge in [0.25, 0.3) is 0 Å². The Balaban J connectivity index is 1.59. The molecule has 3 aromatic rings. The number of rotatable bonds is 7. The van der Waals surface area contributed by atoms with Crippen LogP contribution in [0, 0.1) is 5.92 Å². The maximum atomic E-state index is 14.1. The molecule has 1 amide bonds. The number of carbonyl (C=O) groups is 1. The molecule has 0 aliphatic carbocycles.